The number of benzene rings is 1. The van der Waals surface area contributed by atoms with E-state index in [9.17, 15) is 9.59 Å². The second kappa shape index (κ2) is 12.2. The van der Waals surface area contributed by atoms with E-state index < -0.39 is 13.7 Å². The summed E-state index contributed by atoms with van der Waals surface area (Å²) in [7, 11) is 0.456. The summed E-state index contributed by atoms with van der Waals surface area (Å²) in [5, 5.41) is 1.98. The summed E-state index contributed by atoms with van der Waals surface area (Å²) in [6, 6.07) is 4.43. The largest absolute Gasteiger partial charge is 0.444 e. The zero-order chi connectivity index (χ0) is 33.1. The number of thiazole rings is 1. The summed E-state index contributed by atoms with van der Waals surface area (Å²) in [6.45, 7) is 17.1. The highest BCUT2D eigenvalue weighted by molar-refractivity contribution is 7.19. The molecule has 1 amide bonds. The minimum Gasteiger partial charge on any atom is -0.444 e. The van der Waals surface area contributed by atoms with Crippen LogP contribution in [0.3, 0.4) is 0 Å². The Labute approximate surface area is 279 Å². The van der Waals surface area contributed by atoms with Crippen molar-refractivity contribution in [2.75, 3.05) is 37.8 Å². The first-order valence-corrected chi connectivity index (χ1v) is 20.6. The van der Waals surface area contributed by atoms with Gasteiger partial charge in [0.2, 0.25) is 5.95 Å². The fourth-order valence-corrected chi connectivity index (χ4v) is 8.14. The molecule has 5 heterocycles. The summed E-state index contributed by atoms with van der Waals surface area (Å²) in [5.41, 5.74) is 2.06. The Kier molecular flexibility index (Phi) is 8.77. The SMILES string of the molecule is Cc1nc2ccc(-c3cn(COCC[Si](C)(C)C)c4nc(N5CC6COCC(C5)N6C(=O)OC(C)(C)C)n(C)c(=O)c34)c(Cl)c2s1. The molecule has 0 aliphatic carbocycles. The van der Waals surface area contributed by atoms with Crippen LogP contribution in [0, 0.1) is 6.92 Å². The number of hydrogen-bond donors (Lipinski definition) is 0. The van der Waals surface area contributed by atoms with Gasteiger partial charge in [0.1, 0.15) is 12.3 Å². The van der Waals surface area contributed by atoms with Gasteiger partial charge in [-0.1, -0.05) is 37.3 Å². The Morgan fingerprint density at radius 1 is 1.13 bits per heavy atom. The van der Waals surface area contributed by atoms with Gasteiger partial charge in [-0.25, -0.2) is 9.78 Å². The lowest BCUT2D eigenvalue weighted by molar-refractivity contribution is -0.0667. The summed E-state index contributed by atoms with van der Waals surface area (Å²) in [4.78, 5) is 41.1. The number of fused-ring (bicyclic) bond motifs is 4. The Bertz CT molecular complexity index is 1840. The fraction of sp³-hybridized carbons (Fsp3) is 0.562. The molecule has 3 aromatic heterocycles. The third-order valence-corrected chi connectivity index (χ3v) is 11.6. The van der Waals surface area contributed by atoms with E-state index in [0.29, 0.717) is 60.5 Å². The van der Waals surface area contributed by atoms with Gasteiger partial charge in [-0.2, -0.15) is 4.98 Å². The normalized spacial score (nSPS) is 19.0. The molecule has 2 fully saturated rings. The van der Waals surface area contributed by atoms with Crippen molar-refractivity contribution in [2.45, 2.75) is 77.8 Å². The van der Waals surface area contributed by atoms with E-state index in [1.54, 1.807) is 16.5 Å². The van der Waals surface area contributed by atoms with Gasteiger partial charge in [0, 0.05) is 52.1 Å². The van der Waals surface area contributed by atoms with Crippen molar-refractivity contribution in [2.24, 2.45) is 7.05 Å². The van der Waals surface area contributed by atoms with Crippen LogP contribution in [0.15, 0.2) is 23.1 Å². The van der Waals surface area contributed by atoms with E-state index in [1.165, 1.54) is 11.3 Å². The molecule has 2 atom stereocenters. The first-order valence-electron chi connectivity index (χ1n) is 15.7. The molecule has 2 saturated heterocycles. The zero-order valence-electron chi connectivity index (χ0n) is 27.8. The smallest absolute Gasteiger partial charge is 0.411 e. The lowest BCUT2D eigenvalue weighted by Crippen LogP contribution is -2.67. The summed E-state index contributed by atoms with van der Waals surface area (Å²) >= 11 is 8.53. The molecule has 46 heavy (non-hydrogen) atoms. The van der Waals surface area contributed by atoms with Crippen molar-refractivity contribution in [3.8, 4) is 11.1 Å². The molecule has 0 spiro atoms. The van der Waals surface area contributed by atoms with Crippen LogP contribution in [0.25, 0.3) is 32.4 Å². The van der Waals surface area contributed by atoms with Gasteiger partial charge in [-0.05, 0) is 39.8 Å². The molecule has 4 aromatic rings. The molecule has 0 saturated carbocycles. The van der Waals surface area contributed by atoms with Gasteiger partial charge in [0.15, 0.2) is 5.65 Å². The lowest BCUT2D eigenvalue weighted by atomic mass is 10.1. The van der Waals surface area contributed by atoms with E-state index in [-0.39, 0.29) is 30.5 Å². The van der Waals surface area contributed by atoms with Crippen LogP contribution in [0.1, 0.15) is 25.8 Å². The van der Waals surface area contributed by atoms with Gasteiger partial charge >= 0.3 is 6.09 Å². The maximum Gasteiger partial charge on any atom is 0.411 e. The highest BCUT2D eigenvalue weighted by Crippen LogP contribution is 2.40. The van der Waals surface area contributed by atoms with Crippen LogP contribution in [0.2, 0.25) is 30.7 Å². The lowest BCUT2D eigenvalue weighted by Gasteiger charge is -2.49. The third-order valence-electron chi connectivity index (χ3n) is 8.35. The number of amides is 1. The number of aromatic nitrogens is 4. The second-order valence-corrected chi connectivity index (χ2v) is 21.7. The van der Waals surface area contributed by atoms with Crippen molar-refractivity contribution in [1.29, 1.82) is 0 Å². The van der Waals surface area contributed by atoms with Gasteiger partial charge in [-0.3, -0.25) is 14.3 Å². The number of rotatable bonds is 7. The van der Waals surface area contributed by atoms with Crippen LogP contribution < -0.4 is 10.5 Å². The highest BCUT2D eigenvalue weighted by atomic mass is 35.5. The average Bonchev–Trinajstić information content (AvgIpc) is 3.51. The Balaban J connectivity index is 1.41. The van der Waals surface area contributed by atoms with E-state index in [0.717, 1.165) is 26.8 Å². The van der Waals surface area contributed by atoms with E-state index in [2.05, 4.69) is 29.5 Å². The number of halogens is 1. The third kappa shape index (κ3) is 6.44. The summed E-state index contributed by atoms with van der Waals surface area (Å²) in [5.74, 6) is 0.533. The fourth-order valence-electron chi connectivity index (χ4n) is 6.15. The van der Waals surface area contributed by atoms with Gasteiger partial charge < -0.3 is 23.7 Å². The Morgan fingerprint density at radius 3 is 2.48 bits per heavy atom. The molecule has 2 unspecified atom stereocenters. The molecule has 2 aliphatic heterocycles. The quantitative estimate of drug-likeness (QED) is 0.170. The molecular formula is C32H43ClN6O5SSi. The zero-order valence-corrected chi connectivity index (χ0v) is 30.4. The molecule has 2 aliphatic rings. The van der Waals surface area contributed by atoms with Crippen LogP contribution in [0.5, 0.6) is 0 Å². The van der Waals surface area contributed by atoms with Crippen molar-refractivity contribution >= 4 is 64.3 Å². The number of carbonyl (C=O) groups excluding carboxylic acids is 1. The van der Waals surface area contributed by atoms with Crippen LogP contribution in [0.4, 0.5) is 10.7 Å². The minimum absolute atomic E-state index is 0.177. The minimum atomic E-state index is -1.29. The van der Waals surface area contributed by atoms with Crippen LogP contribution in [-0.4, -0.2) is 88.8 Å². The standard InChI is InChI=1S/C32H43ClN6O5SSi/c1-19-34-24-10-9-22(26(33)27(24)45-19)23-15-38(18-42-11-12-46(6,7)8)28-25(23)29(40)36(5)30(35-28)37-13-20-16-43-17-21(14-37)39(20)31(41)44-32(2,3)4/h9-10,15,20-21H,11-14,16-18H2,1-8H3. The first kappa shape index (κ1) is 32.9. The number of aryl methyl sites for hydroxylation is 1. The summed E-state index contributed by atoms with van der Waals surface area (Å²) < 4.78 is 22.2. The predicted molar refractivity (Wildman–Crippen MR) is 186 cm³/mol. The van der Waals surface area contributed by atoms with E-state index >= 15 is 0 Å². The molecule has 14 heteroatoms. The number of anilines is 1. The van der Waals surface area contributed by atoms with Gasteiger partial charge in [0.25, 0.3) is 5.56 Å². The molecular weight excluding hydrogens is 644 g/mol. The number of morpholine rings is 1. The monoisotopic (exact) mass is 686 g/mol. The molecule has 6 rings (SSSR count). The molecule has 1 aromatic carbocycles. The van der Waals surface area contributed by atoms with Crippen LogP contribution >= 0.6 is 22.9 Å². The Morgan fingerprint density at radius 2 is 1.83 bits per heavy atom. The first-order chi connectivity index (χ1) is 21.6. The van der Waals surface area contributed by atoms with Crippen molar-refractivity contribution in [1.82, 2.24) is 24.0 Å². The predicted octanol–water partition coefficient (Wildman–Crippen LogP) is 6.11. The molecule has 0 radical (unpaired) electrons. The van der Waals surface area contributed by atoms with Gasteiger partial charge in [-0.15, -0.1) is 11.3 Å². The maximum absolute atomic E-state index is 14.3. The second-order valence-electron chi connectivity index (χ2n) is 14.5. The number of piperazine rings is 1. The van der Waals surface area contributed by atoms with Crippen LogP contribution in [-0.2, 0) is 28.0 Å². The topological polar surface area (TPSA) is 104 Å². The number of nitrogens with zero attached hydrogens (tertiary/aromatic N) is 6. The van der Waals surface area contributed by atoms with E-state index in [4.69, 9.17) is 30.8 Å². The molecule has 2 bridgehead atoms. The summed E-state index contributed by atoms with van der Waals surface area (Å²) in [6.07, 6.45) is 1.59. The molecule has 11 nitrogen and oxygen atoms in total. The van der Waals surface area contributed by atoms with E-state index in [1.807, 2.05) is 50.6 Å². The van der Waals surface area contributed by atoms with Crippen molar-refractivity contribution < 1.29 is 19.0 Å². The highest BCUT2D eigenvalue weighted by Gasteiger charge is 2.43. The Hall–Kier alpha value is -2.97. The number of hydrogen-bond acceptors (Lipinski definition) is 9. The molecule has 0 N–H and O–H groups in total. The van der Waals surface area contributed by atoms with Gasteiger partial charge in [0.05, 0.1) is 50.9 Å². The molecule has 248 valence electrons. The number of ether oxygens (including phenoxy) is 3. The van der Waals surface area contributed by atoms with Crippen molar-refractivity contribution in [3.63, 3.8) is 0 Å². The maximum atomic E-state index is 14.3. The van der Waals surface area contributed by atoms with Crippen molar-refractivity contribution in [3.05, 3.63) is 38.7 Å². The average molecular weight is 687 g/mol. The number of carbonyl (C=O) groups is 1.